The Morgan fingerprint density at radius 1 is 1.40 bits per heavy atom. The summed E-state index contributed by atoms with van der Waals surface area (Å²) in [5.41, 5.74) is 0.787. The molecule has 1 saturated carbocycles. The highest BCUT2D eigenvalue weighted by Crippen LogP contribution is 2.25. The highest BCUT2D eigenvalue weighted by Gasteiger charge is 2.23. The van der Waals surface area contributed by atoms with E-state index < -0.39 is 0 Å². The first-order chi connectivity index (χ1) is 12.0. The SMILES string of the molecule is C[C@H]1CCCC[C@@H]1NC(=O)CSc1nnc(-c2cccc(Cl)c2)n1N. The van der Waals surface area contributed by atoms with Gasteiger partial charge in [-0.15, -0.1) is 10.2 Å². The number of aromatic nitrogens is 3. The molecule has 1 aromatic heterocycles. The number of nitrogens with two attached hydrogens (primary N) is 1. The van der Waals surface area contributed by atoms with E-state index in [0.717, 1.165) is 12.0 Å². The monoisotopic (exact) mass is 379 g/mol. The van der Waals surface area contributed by atoms with Gasteiger partial charge < -0.3 is 11.2 Å². The van der Waals surface area contributed by atoms with Gasteiger partial charge in [0.1, 0.15) is 0 Å². The van der Waals surface area contributed by atoms with Gasteiger partial charge in [0, 0.05) is 16.6 Å². The van der Waals surface area contributed by atoms with Gasteiger partial charge in [-0.1, -0.05) is 55.3 Å². The van der Waals surface area contributed by atoms with Crippen LogP contribution >= 0.6 is 23.4 Å². The third-order valence-corrected chi connectivity index (χ3v) is 5.72. The molecule has 6 nitrogen and oxygen atoms in total. The predicted molar refractivity (Wildman–Crippen MR) is 101 cm³/mol. The minimum absolute atomic E-state index is 0.0102. The van der Waals surface area contributed by atoms with Crippen LogP contribution in [0.4, 0.5) is 0 Å². The van der Waals surface area contributed by atoms with E-state index in [-0.39, 0.29) is 17.7 Å². The van der Waals surface area contributed by atoms with Gasteiger partial charge in [-0.25, -0.2) is 4.68 Å². The van der Waals surface area contributed by atoms with Gasteiger partial charge in [-0.3, -0.25) is 4.79 Å². The highest BCUT2D eigenvalue weighted by molar-refractivity contribution is 7.99. The maximum Gasteiger partial charge on any atom is 0.230 e. The van der Waals surface area contributed by atoms with Gasteiger partial charge in [0.15, 0.2) is 5.82 Å². The van der Waals surface area contributed by atoms with Crippen LogP contribution in [0.1, 0.15) is 32.6 Å². The first-order valence-electron chi connectivity index (χ1n) is 8.43. The van der Waals surface area contributed by atoms with Crippen molar-refractivity contribution in [2.45, 2.75) is 43.8 Å². The number of hydrogen-bond acceptors (Lipinski definition) is 5. The van der Waals surface area contributed by atoms with Crippen LogP contribution < -0.4 is 11.2 Å². The summed E-state index contributed by atoms with van der Waals surface area (Å²) in [6.07, 6.45) is 4.68. The van der Waals surface area contributed by atoms with Gasteiger partial charge in [0.05, 0.1) is 5.75 Å². The van der Waals surface area contributed by atoms with Gasteiger partial charge in [0.25, 0.3) is 0 Å². The first-order valence-corrected chi connectivity index (χ1v) is 9.79. The zero-order valence-electron chi connectivity index (χ0n) is 14.1. The molecule has 0 bridgehead atoms. The summed E-state index contributed by atoms with van der Waals surface area (Å²) < 4.78 is 1.40. The van der Waals surface area contributed by atoms with Gasteiger partial charge >= 0.3 is 0 Å². The Labute approximate surface area is 156 Å². The summed E-state index contributed by atoms with van der Waals surface area (Å²) in [6.45, 7) is 2.20. The Morgan fingerprint density at radius 2 is 2.20 bits per heavy atom. The zero-order valence-corrected chi connectivity index (χ0v) is 15.7. The van der Waals surface area contributed by atoms with E-state index in [9.17, 15) is 4.79 Å². The Balaban J connectivity index is 1.59. The number of nitrogen functional groups attached to an aromatic ring is 1. The second kappa shape index (κ2) is 8.10. The number of thioether (sulfide) groups is 1. The molecule has 2 aromatic rings. The van der Waals surface area contributed by atoms with E-state index in [4.69, 9.17) is 17.4 Å². The summed E-state index contributed by atoms with van der Waals surface area (Å²) in [4.78, 5) is 12.2. The van der Waals surface area contributed by atoms with Crippen LogP contribution in [-0.2, 0) is 4.79 Å². The van der Waals surface area contributed by atoms with E-state index in [1.54, 1.807) is 12.1 Å². The Morgan fingerprint density at radius 3 is 2.96 bits per heavy atom. The quantitative estimate of drug-likeness (QED) is 0.615. The number of carbonyl (C=O) groups is 1. The number of benzene rings is 1. The molecule has 3 N–H and O–H groups in total. The lowest BCUT2D eigenvalue weighted by Gasteiger charge is -2.29. The zero-order chi connectivity index (χ0) is 17.8. The van der Waals surface area contributed by atoms with Crippen molar-refractivity contribution in [2.75, 3.05) is 11.6 Å². The minimum Gasteiger partial charge on any atom is -0.352 e. The summed E-state index contributed by atoms with van der Waals surface area (Å²) >= 11 is 7.29. The number of amides is 1. The molecule has 0 spiro atoms. The van der Waals surface area contributed by atoms with E-state index >= 15 is 0 Å². The fraction of sp³-hybridized carbons (Fsp3) is 0.471. The minimum atomic E-state index is 0.0102. The maximum absolute atomic E-state index is 12.2. The number of rotatable bonds is 5. The molecule has 0 aliphatic heterocycles. The molecule has 3 rings (SSSR count). The Bertz CT molecular complexity index is 750. The number of nitrogens with one attached hydrogen (secondary N) is 1. The molecule has 1 amide bonds. The average Bonchev–Trinajstić information content (AvgIpc) is 2.96. The molecule has 1 aromatic carbocycles. The third kappa shape index (κ3) is 4.46. The smallest absolute Gasteiger partial charge is 0.230 e. The van der Waals surface area contributed by atoms with E-state index in [0.29, 0.717) is 21.9 Å². The van der Waals surface area contributed by atoms with Crippen molar-refractivity contribution in [1.82, 2.24) is 20.2 Å². The molecule has 0 saturated heterocycles. The summed E-state index contributed by atoms with van der Waals surface area (Å²) in [7, 11) is 0. The highest BCUT2D eigenvalue weighted by atomic mass is 35.5. The molecular formula is C17H22ClN5OS. The summed E-state index contributed by atoms with van der Waals surface area (Å²) in [5.74, 6) is 7.41. The summed E-state index contributed by atoms with van der Waals surface area (Å²) in [5, 5.41) is 12.4. The predicted octanol–water partition coefficient (Wildman–Crippen LogP) is 3.10. The first kappa shape index (κ1) is 18.1. The molecule has 1 fully saturated rings. The Hall–Kier alpha value is -1.73. The molecule has 1 heterocycles. The van der Waals surface area contributed by atoms with Crippen LogP contribution in [0.3, 0.4) is 0 Å². The molecule has 25 heavy (non-hydrogen) atoms. The van der Waals surface area contributed by atoms with E-state index in [1.807, 2.05) is 12.1 Å². The van der Waals surface area contributed by atoms with Crippen LogP contribution in [0.2, 0.25) is 5.02 Å². The largest absolute Gasteiger partial charge is 0.352 e. The lowest BCUT2D eigenvalue weighted by Crippen LogP contribution is -2.41. The standard InChI is InChI=1S/C17H22ClN5OS/c1-11-5-2-3-8-14(11)20-15(24)10-25-17-22-21-16(23(17)19)12-6-4-7-13(18)9-12/h4,6-7,9,11,14H,2-3,5,8,10,19H2,1H3,(H,20,24)/t11-,14-/m0/s1. The molecular weight excluding hydrogens is 358 g/mol. The van der Waals surface area contributed by atoms with Crippen molar-refractivity contribution >= 4 is 29.3 Å². The van der Waals surface area contributed by atoms with E-state index in [2.05, 4.69) is 22.4 Å². The molecule has 8 heteroatoms. The third-order valence-electron chi connectivity index (χ3n) is 4.54. The fourth-order valence-corrected chi connectivity index (χ4v) is 3.97. The fourth-order valence-electron chi connectivity index (χ4n) is 3.11. The normalized spacial score (nSPS) is 20.4. The lowest BCUT2D eigenvalue weighted by molar-refractivity contribution is -0.119. The molecule has 134 valence electrons. The van der Waals surface area contributed by atoms with Gasteiger partial charge in [0.2, 0.25) is 11.1 Å². The van der Waals surface area contributed by atoms with Gasteiger partial charge in [-0.05, 0) is 30.9 Å². The summed E-state index contributed by atoms with van der Waals surface area (Å²) in [6, 6.07) is 7.54. The van der Waals surface area contributed by atoms with Crippen LogP contribution in [0, 0.1) is 5.92 Å². The maximum atomic E-state index is 12.2. The average molecular weight is 380 g/mol. The molecule has 2 atom stereocenters. The lowest BCUT2D eigenvalue weighted by atomic mass is 9.86. The molecule has 0 radical (unpaired) electrons. The van der Waals surface area contributed by atoms with Crippen molar-refractivity contribution in [1.29, 1.82) is 0 Å². The molecule has 1 aliphatic rings. The number of hydrogen-bond donors (Lipinski definition) is 2. The van der Waals surface area contributed by atoms with Crippen LogP contribution in [0.5, 0.6) is 0 Å². The van der Waals surface area contributed by atoms with Gasteiger partial charge in [-0.2, -0.15) is 0 Å². The van der Waals surface area contributed by atoms with E-state index in [1.165, 1.54) is 35.7 Å². The number of nitrogens with zero attached hydrogens (tertiary/aromatic N) is 3. The van der Waals surface area contributed by atoms with Crippen molar-refractivity contribution in [3.63, 3.8) is 0 Å². The van der Waals surface area contributed by atoms with Crippen LogP contribution in [0.15, 0.2) is 29.4 Å². The second-order valence-electron chi connectivity index (χ2n) is 6.41. The molecule has 0 unspecified atom stereocenters. The second-order valence-corrected chi connectivity index (χ2v) is 7.79. The number of halogens is 1. The van der Waals surface area contributed by atoms with Crippen LogP contribution in [-0.4, -0.2) is 32.6 Å². The van der Waals surface area contributed by atoms with Crippen molar-refractivity contribution in [2.24, 2.45) is 5.92 Å². The topological polar surface area (TPSA) is 85.8 Å². The van der Waals surface area contributed by atoms with Crippen molar-refractivity contribution < 1.29 is 4.79 Å². The number of carbonyl (C=O) groups excluding carboxylic acids is 1. The van der Waals surface area contributed by atoms with Crippen LogP contribution in [0.25, 0.3) is 11.4 Å². The van der Waals surface area contributed by atoms with Crippen molar-refractivity contribution in [3.8, 4) is 11.4 Å². The van der Waals surface area contributed by atoms with Crippen molar-refractivity contribution in [3.05, 3.63) is 29.3 Å². The molecule has 1 aliphatic carbocycles. The Kier molecular flexibility index (Phi) is 5.86.